The van der Waals surface area contributed by atoms with E-state index in [0.717, 1.165) is 38.5 Å². The monoisotopic (exact) mass is 472 g/mol. The van der Waals surface area contributed by atoms with Crippen LogP contribution in [0.15, 0.2) is 0 Å². The Bertz CT molecular complexity index is 456. The summed E-state index contributed by atoms with van der Waals surface area (Å²) in [6, 6.07) is 0. The third kappa shape index (κ3) is 14.4. The predicted molar refractivity (Wildman–Crippen MR) is 137 cm³/mol. The fourth-order valence-corrected chi connectivity index (χ4v) is 5.05. The summed E-state index contributed by atoms with van der Waals surface area (Å²) in [7, 11) is 0. The van der Waals surface area contributed by atoms with Crippen LogP contribution in [0.5, 0.6) is 0 Å². The molecular formula is C28H56O5. The summed E-state index contributed by atoms with van der Waals surface area (Å²) in [4.78, 5) is 11.7. The minimum atomic E-state index is -1.56. The second-order valence-electron chi connectivity index (χ2n) is 10.2. The Balaban J connectivity index is 4.96. The van der Waals surface area contributed by atoms with E-state index in [9.17, 15) is 25.2 Å². The molecule has 0 saturated carbocycles. The molecule has 0 unspecified atom stereocenters. The lowest BCUT2D eigenvalue weighted by Crippen LogP contribution is -2.52. The zero-order chi connectivity index (χ0) is 25.0. The van der Waals surface area contributed by atoms with Crippen molar-refractivity contribution >= 4 is 5.97 Å². The Morgan fingerprint density at radius 1 is 0.727 bits per heavy atom. The van der Waals surface area contributed by atoms with Gasteiger partial charge in [-0.25, -0.2) is 0 Å². The summed E-state index contributed by atoms with van der Waals surface area (Å²) in [6.45, 7) is 5.69. The molecule has 0 fully saturated rings. The van der Waals surface area contributed by atoms with Crippen LogP contribution in [0.2, 0.25) is 0 Å². The SMILES string of the molecule is CCCCCCCCCCC[C@H](CCCCCCCC)[C@@](O)(C[C@H](CC)C(=O)O)[C@@H](O)CO. The van der Waals surface area contributed by atoms with Gasteiger partial charge < -0.3 is 20.4 Å². The second-order valence-corrected chi connectivity index (χ2v) is 10.2. The molecule has 0 amide bonds. The van der Waals surface area contributed by atoms with E-state index in [2.05, 4.69) is 13.8 Å². The highest BCUT2D eigenvalue weighted by Crippen LogP contribution is 2.37. The summed E-state index contributed by atoms with van der Waals surface area (Å²) >= 11 is 0. The number of carbonyl (C=O) groups is 1. The molecule has 5 heteroatoms. The van der Waals surface area contributed by atoms with Crippen molar-refractivity contribution in [2.24, 2.45) is 11.8 Å². The lowest BCUT2D eigenvalue weighted by atomic mass is 9.71. The molecule has 0 spiro atoms. The van der Waals surface area contributed by atoms with Crippen LogP contribution in [0.25, 0.3) is 0 Å². The Morgan fingerprint density at radius 3 is 1.45 bits per heavy atom. The molecular weight excluding hydrogens is 416 g/mol. The van der Waals surface area contributed by atoms with Gasteiger partial charge in [0.15, 0.2) is 0 Å². The van der Waals surface area contributed by atoms with Crippen molar-refractivity contribution in [2.45, 2.75) is 154 Å². The van der Waals surface area contributed by atoms with Crippen molar-refractivity contribution in [1.29, 1.82) is 0 Å². The predicted octanol–water partition coefficient (Wildman–Crippen LogP) is 6.86. The van der Waals surface area contributed by atoms with E-state index in [1.54, 1.807) is 6.92 Å². The quantitative estimate of drug-likeness (QED) is 0.115. The van der Waals surface area contributed by atoms with E-state index >= 15 is 0 Å². The molecule has 198 valence electrons. The zero-order valence-electron chi connectivity index (χ0n) is 22.1. The van der Waals surface area contributed by atoms with E-state index in [1.807, 2.05) is 0 Å². The molecule has 0 aromatic heterocycles. The Morgan fingerprint density at radius 2 is 1.12 bits per heavy atom. The van der Waals surface area contributed by atoms with E-state index in [0.29, 0.717) is 6.42 Å². The van der Waals surface area contributed by atoms with Crippen LogP contribution in [0.3, 0.4) is 0 Å². The van der Waals surface area contributed by atoms with Crippen LogP contribution >= 0.6 is 0 Å². The Labute approximate surface area is 204 Å². The number of rotatable bonds is 24. The van der Waals surface area contributed by atoms with E-state index in [1.165, 1.54) is 70.6 Å². The number of aliphatic hydroxyl groups excluding tert-OH is 2. The fourth-order valence-electron chi connectivity index (χ4n) is 5.05. The Hall–Kier alpha value is -0.650. The largest absolute Gasteiger partial charge is 0.481 e. The normalized spacial score (nSPS) is 16.3. The Kier molecular flexibility index (Phi) is 20.3. The van der Waals surface area contributed by atoms with Crippen molar-refractivity contribution in [1.82, 2.24) is 0 Å². The summed E-state index contributed by atoms with van der Waals surface area (Å²) in [6.07, 6.45) is 18.5. The molecule has 4 N–H and O–H groups in total. The molecule has 0 aliphatic rings. The zero-order valence-corrected chi connectivity index (χ0v) is 22.1. The van der Waals surface area contributed by atoms with Crippen LogP contribution in [0.1, 0.15) is 143 Å². The first-order chi connectivity index (χ1) is 15.9. The first kappa shape index (κ1) is 32.4. The molecule has 33 heavy (non-hydrogen) atoms. The van der Waals surface area contributed by atoms with Crippen molar-refractivity contribution in [3.05, 3.63) is 0 Å². The molecule has 0 heterocycles. The summed E-state index contributed by atoms with van der Waals surface area (Å²) < 4.78 is 0. The van der Waals surface area contributed by atoms with Crippen LogP contribution in [-0.2, 0) is 4.79 Å². The van der Waals surface area contributed by atoms with Gasteiger partial charge in [-0.1, -0.05) is 117 Å². The van der Waals surface area contributed by atoms with E-state index < -0.39 is 30.2 Å². The maximum absolute atomic E-state index is 11.7. The first-order valence-corrected chi connectivity index (χ1v) is 14.1. The van der Waals surface area contributed by atoms with Crippen molar-refractivity contribution < 1.29 is 25.2 Å². The van der Waals surface area contributed by atoms with Crippen LogP contribution in [0, 0.1) is 11.8 Å². The number of carboxylic acids is 1. The number of unbranched alkanes of at least 4 members (excludes halogenated alkanes) is 13. The van der Waals surface area contributed by atoms with Gasteiger partial charge in [0.05, 0.1) is 18.1 Å². The number of aliphatic carboxylic acids is 1. The summed E-state index contributed by atoms with van der Waals surface area (Å²) in [5.41, 5.74) is -1.56. The summed E-state index contributed by atoms with van der Waals surface area (Å²) in [5, 5.41) is 41.4. The smallest absolute Gasteiger partial charge is 0.306 e. The molecule has 0 radical (unpaired) electrons. The van der Waals surface area contributed by atoms with Crippen molar-refractivity contribution in [3.63, 3.8) is 0 Å². The van der Waals surface area contributed by atoms with Crippen LogP contribution < -0.4 is 0 Å². The van der Waals surface area contributed by atoms with Crippen LogP contribution in [0.4, 0.5) is 0 Å². The molecule has 5 nitrogen and oxygen atoms in total. The number of aliphatic hydroxyl groups is 3. The highest BCUT2D eigenvalue weighted by molar-refractivity contribution is 5.70. The average Bonchev–Trinajstić information content (AvgIpc) is 2.81. The molecule has 0 bridgehead atoms. The van der Waals surface area contributed by atoms with Gasteiger partial charge in [-0.2, -0.15) is 0 Å². The highest BCUT2D eigenvalue weighted by atomic mass is 16.4. The van der Waals surface area contributed by atoms with Gasteiger partial charge in [-0.3, -0.25) is 4.79 Å². The van der Waals surface area contributed by atoms with Crippen molar-refractivity contribution in [2.75, 3.05) is 6.61 Å². The van der Waals surface area contributed by atoms with Gasteiger partial charge in [0.2, 0.25) is 0 Å². The topological polar surface area (TPSA) is 98.0 Å². The molecule has 0 rings (SSSR count). The lowest BCUT2D eigenvalue weighted by Gasteiger charge is -2.41. The maximum atomic E-state index is 11.7. The fraction of sp³-hybridized carbons (Fsp3) is 0.964. The third-order valence-corrected chi connectivity index (χ3v) is 7.43. The van der Waals surface area contributed by atoms with Gasteiger partial charge in [0.1, 0.15) is 6.10 Å². The molecule has 4 atom stereocenters. The number of hydrogen-bond donors (Lipinski definition) is 4. The van der Waals surface area contributed by atoms with Gasteiger partial charge in [0.25, 0.3) is 0 Å². The standard InChI is InChI=1S/C28H56O5/c1-4-7-9-11-13-14-15-17-19-21-25(20-18-16-12-10-8-5-2)28(33,26(30)23-29)22-24(6-3)27(31)32/h24-26,29-30,33H,4-23H2,1-3H3,(H,31,32)/t24-,25-,26-,28-/m0/s1. The first-order valence-electron chi connectivity index (χ1n) is 14.1. The molecule has 0 aliphatic heterocycles. The highest BCUT2D eigenvalue weighted by Gasteiger charge is 2.44. The molecule has 0 aromatic carbocycles. The molecule has 0 saturated heterocycles. The van der Waals surface area contributed by atoms with E-state index in [4.69, 9.17) is 0 Å². The van der Waals surface area contributed by atoms with Gasteiger partial charge in [0, 0.05) is 0 Å². The average molecular weight is 473 g/mol. The molecule has 0 aromatic rings. The number of carboxylic acid groups (broad SMARTS) is 1. The summed E-state index contributed by atoms with van der Waals surface area (Å²) in [5.74, 6) is -1.85. The van der Waals surface area contributed by atoms with Gasteiger partial charge in [-0.05, 0) is 31.6 Å². The van der Waals surface area contributed by atoms with Gasteiger partial charge in [-0.15, -0.1) is 0 Å². The van der Waals surface area contributed by atoms with Crippen molar-refractivity contribution in [3.8, 4) is 0 Å². The maximum Gasteiger partial charge on any atom is 0.306 e. The van der Waals surface area contributed by atoms with Crippen LogP contribution in [-0.4, -0.2) is 44.7 Å². The lowest BCUT2D eigenvalue weighted by molar-refractivity contribution is -0.161. The van der Waals surface area contributed by atoms with Gasteiger partial charge >= 0.3 is 5.97 Å². The molecule has 0 aliphatic carbocycles. The number of hydrogen-bond acceptors (Lipinski definition) is 4. The third-order valence-electron chi connectivity index (χ3n) is 7.43. The van der Waals surface area contributed by atoms with E-state index in [-0.39, 0.29) is 12.3 Å². The minimum Gasteiger partial charge on any atom is -0.481 e. The second kappa shape index (κ2) is 20.7. The minimum absolute atomic E-state index is 0.00150.